The minimum Gasteiger partial charge on any atom is -0.469 e. The molecule has 2 aromatic heterocycles. The lowest BCUT2D eigenvalue weighted by Gasteiger charge is -2.22. The van der Waals surface area contributed by atoms with Crippen LogP contribution in [0, 0.1) is 0 Å². The van der Waals surface area contributed by atoms with Crippen LogP contribution in [0.3, 0.4) is 0 Å². The number of aliphatic hydroxyl groups is 1. The molecule has 1 amide bonds. The molecule has 0 fully saturated rings. The Morgan fingerprint density at radius 3 is 2.91 bits per heavy atom. The summed E-state index contributed by atoms with van der Waals surface area (Å²) in [6.07, 6.45) is 1.89. The fraction of sp³-hybridized carbons (Fsp3) is 0.250. The second-order valence-electron chi connectivity index (χ2n) is 5.42. The van der Waals surface area contributed by atoms with Crippen molar-refractivity contribution >= 4 is 27.5 Å². The molecule has 0 radical (unpaired) electrons. The monoisotopic (exact) mass is 316 g/mol. The minimum atomic E-state index is -1.08. The highest BCUT2D eigenvalue weighted by atomic mass is 32.1. The van der Waals surface area contributed by atoms with Crippen LogP contribution in [0.4, 0.5) is 0 Å². The van der Waals surface area contributed by atoms with Gasteiger partial charge in [-0.3, -0.25) is 4.79 Å². The SMILES string of the molecule is CC(O)(CNC(=O)c1nc2ccccc2s1)Cc1ccco1. The van der Waals surface area contributed by atoms with Crippen LogP contribution in [-0.4, -0.2) is 28.1 Å². The number of furan rings is 1. The summed E-state index contributed by atoms with van der Waals surface area (Å²) < 4.78 is 6.19. The fourth-order valence-electron chi connectivity index (χ4n) is 2.17. The van der Waals surface area contributed by atoms with E-state index < -0.39 is 5.60 Å². The summed E-state index contributed by atoms with van der Waals surface area (Å²) in [6.45, 7) is 1.79. The molecule has 3 rings (SSSR count). The van der Waals surface area contributed by atoms with Gasteiger partial charge in [-0.05, 0) is 31.2 Å². The van der Waals surface area contributed by atoms with Crippen LogP contribution >= 0.6 is 11.3 Å². The third kappa shape index (κ3) is 3.35. The van der Waals surface area contributed by atoms with Crippen LogP contribution in [-0.2, 0) is 6.42 Å². The quantitative estimate of drug-likeness (QED) is 0.759. The number of nitrogens with zero attached hydrogens (tertiary/aromatic N) is 1. The second kappa shape index (κ2) is 5.90. The van der Waals surface area contributed by atoms with Crippen molar-refractivity contribution in [3.8, 4) is 0 Å². The molecule has 0 saturated heterocycles. The molecule has 1 atom stereocenters. The van der Waals surface area contributed by atoms with Crippen molar-refractivity contribution in [1.29, 1.82) is 0 Å². The molecule has 6 heteroatoms. The van der Waals surface area contributed by atoms with E-state index in [1.165, 1.54) is 11.3 Å². The molecule has 114 valence electrons. The van der Waals surface area contributed by atoms with Gasteiger partial charge in [0.15, 0.2) is 5.01 Å². The van der Waals surface area contributed by atoms with Crippen molar-refractivity contribution in [3.63, 3.8) is 0 Å². The number of amides is 1. The highest BCUT2D eigenvalue weighted by Crippen LogP contribution is 2.21. The van der Waals surface area contributed by atoms with E-state index in [2.05, 4.69) is 10.3 Å². The standard InChI is InChI=1S/C16H16N2O3S/c1-16(20,9-11-5-4-8-21-11)10-17-14(19)15-18-12-6-2-3-7-13(12)22-15/h2-8,20H,9-10H2,1H3,(H,17,19). The number of para-hydroxylation sites is 1. The lowest BCUT2D eigenvalue weighted by Crippen LogP contribution is -2.42. The zero-order valence-corrected chi connectivity index (χ0v) is 12.9. The first-order valence-corrected chi connectivity index (χ1v) is 7.74. The number of nitrogens with one attached hydrogen (secondary N) is 1. The van der Waals surface area contributed by atoms with Crippen LogP contribution in [0.1, 0.15) is 22.5 Å². The van der Waals surface area contributed by atoms with Crippen LogP contribution in [0.15, 0.2) is 47.1 Å². The van der Waals surface area contributed by atoms with Crippen molar-refractivity contribution in [2.45, 2.75) is 18.9 Å². The number of aromatic nitrogens is 1. The third-order valence-corrected chi connectivity index (χ3v) is 4.29. The van der Waals surface area contributed by atoms with E-state index in [-0.39, 0.29) is 12.5 Å². The zero-order valence-electron chi connectivity index (χ0n) is 12.1. The molecule has 1 aromatic carbocycles. The van der Waals surface area contributed by atoms with Crippen molar-refractivity contribution in [3.05, 3.63) is 53.4 Å². The van der Waals surface area contributed by atoms with E-state index in [4.69, 9.17) is 4.42 Å². The van der Waals surface area contributed by atoms with E-state index >= 15 is 0 Å². The maximum atomic E-state index is 12.2. The number of hydrogen-bond acceptors (Lipinski definition) is 5. The number of rotatable bonds is 5. The van der Waals surface area contributed by atoms with Gasteiger partial charge in [-0.15, -0.1) is 11.3 Å². The summed E-state index contributed by atoms with van der Waals surface area (Å²) in [5, 5.41) is 13.5. The van der Waals surface area contributed by atoms with Crippen molar-refractivity contribution in [2.24, 2.45) is 0 Å². The molecule has 22 heavy (non-hydrogen) atoms. The summed E-state index contributed by atoms with van der Waals surface area (Å²) in [6, 6.07) is 11.2. The van der Waals surface area contributed by atoms with Crippen molar-refractivity contribution in [1.82, 2.24) is 10.3 Å². The van der Waals surface area contributed by atoms with Gasteiger partial charge < -0.3 is 14.8 Å². The normalized spacial score (nSPS) is 13.9. The number of carbonyl (C=O) groups excluding carboxylic acids is 1. The van der Waals surface area contributed by atoms with Gasteiger partial charge in [0, 0.05) is 13.0 Å². The lowest BCUT2D eigenvalue weighted by atomic mass is 10.0. The van der Waals surface area contributed by atoms with E-state index in [1.54, 1.807) is 25.3 Å². The van der Waals surface area contributed by atoms with Gasteiger partial charge in [0.05, 0.1) is 22.1 Å². The van der Waals surface area contributed by atoms with Crippen LogP contribution in [0.2, 0.25) is 0 Å². The summed E-state index contributed by atoms with van der Waals surface area (Å²) >= 11 is 1.34. The average Bonchev–Trinajstić information content (AvgIpc) is 3.13. The Labute approximate surface area is 131 Å². The molecule has 2 heterocycles. The topological polar surface area (TPSA) is 75.4 Å². The van der Waals surface area contributed by atoms with Crippen LogP contribution in [0.25, 0.3) is 10.2 Å². The minimum absolute atomic E-state index is 0.127. The summed E-state index contributed by atoms with van der Waals surface area (Å²) in [7, 11) is 0. The van der Waals surface area contributed by atoms with Crippen LogP contribution < -0.4 is 5.32 Å². The van der Waals surface area contributed by atoms with E-state index in [9.17, 15) is 9.90 Å². The molecule has 0 spiro atoms. The first kappa shape index (κ1) is 14.7. The molecule has 0 saturated carbocycles. The number of fused-ring (bicyclic) bond motifs is 1. The van der Waals surface area contributed by atoms with Gasteiger partial charge in [-0.25, -0.2) is 4.98 Å². The number of carbonyl (C=O) groups is 1. The van der Waals surface area contributed by atoms with Gasteiger partial charge >= 0.3 is 0 Å². The largest absolute Gasteiger partial charge is 0.469 e. The highest BCUT2D eigenvalue weighted by Gasteiger charge is 2.24. The summed E-state index contributed by atoms with van der Waals surface area (Å²) in [5.41, 5.74) is -0.274. The average molecular weight is 316 g/mol. The Balaban J connectivity index is 1.64. The number of benzene rings is 1. The Kier molecular flexibility index (Phi) is 3.96. The molecule has 0 bridgehead atoms. The molecular formula is C16H16N2O3S. The number of thiazole rings is 1. The Morgan fingerprint density at radius 1 is 1.36 bits per heavy atom. The first-order chi connectivity index (χ1) is 10.5. The first-order valence-electron chi connectivity index (χ1n) is 6.92. The molecule has 3 aromatic rings. The summed E-state index contributed by atoms with van der Waals surface area (Å²) in [4.78, 5) is 16.5. The predicted octanol–water partition coefficient (Wildman–Crippen LogP) is 2.61. The van der Waals surface area contributed by atoms with Gasteiger partial charge in [0.1, 0.15) is 5.76 Å². The Bertz CT molecular complexity index is 745. The maximum absolute atomic E-state index is 12.2. The highest BCUT2D eigenvalue weighted by molar-refractivity contribution is 7.20. The van der Waals surface area contributed by atoms with Crippen molar-refractivity contribution < 1.29 is 14.3 Å². The number of hydrogen-bond donors (Lipinski definition) is 2. The molecular weight excluding hydrogens is 300 g/mol. The van der Waals surface area contributed by atoms with Gasteiger partial charge in [-0.1, -0.05) is 12.1 Å². The van der Waals surface area contributed by atoms with E-state index in [0.29, 0.717) is 17.2 Å². The molecule has 0 aliphatic heterocycles. The van der Waals surface area contributed by atoms with Gasteiger partial charge in [-0.2, -0.15) is 0 Å². The molecule has 2 N–H and O–H groups in total. The maximum Gasteiger partial charge on any atom is 0.280 e. The Hall–Kier alpha value is -2.18. The third-order valence-electron chi connectivity index (χ3n) is 3.25. The smallest absolute Gasteiger partial charge is 0.280 e. The summed E-state index contributed by atoms with van der Waals surface area (Å²) in [5.74, 6) is 0.403. The molecule has 0 aliphatic rings. The van der Waals surface area contributed by atoms with Gasteiger partial charge in [0.2, 0.25) is 0 Å². The fourth-order valence-corrected chi connectivity index (χ4v) is 3.05. The lowest BCUT2D eigenvalue weighted by molar-refractivity contribution is 0.0510. The molecule has 5 nitrogen and oxygen atoms in total. The van der Waals surface area contributed by atoms with E-state index in [0.717, 1.165) is 10.2 Å². The molecule has 0 aliphatic carbocycles. The van der Waals surface area contributed by atoms with E-state index in [1.807, 2.05) is 24.3 Å². The zero-order chi connectivity index (χ0) is 15.6. The van der Waals surface area contributed by atoms with Crippen LogP contribution in [0.5, 0.6) is 0 Å². The van der Waals surface area contributed by atoms with Gasteiger partial charge in [0.25, 0.3) is 5.91 Å². The Morgan fingerprint density at radius 2 is 2.18 bits per heavy atom. The molecule has 1 unspecified atom stereocenters. The second-order valence-corrected chi connectivity index (χ2v) is 6.45. The van der Waals surface area contributed by atoms with Crippen molar-refractivity contribution in [2.75, 3.05) is 6.54 Å². The predicted molar refractivity (Wildman–Crippen MR) is 85.0 cm³/mol.